The molecule has 0 atom stereocenters. The minimum atomic E-state index is 0. The molecular weight excluding hydrogens is 375 g/mol. The van der Waals surface area contributed by atoms with Crippen molar-refractivity contribution < 1.29 is 72.6 Å². The van der Waals surface area contributed by atoms with Gasteiger partial charge in [-0.3, -0.25) is 0 Å². The van der Waals surface area contributed by atoms with Crippen LogP contribution in [0.15, 0.2) is 0 Å². The Labute approximate surface area is 99.4 Å². The normalized spacial score (nSPS) is 1.45. The average Bonchev–Trinajstić information content (AvgIpc) is 2.03. The van der Waals surface area contributed by atoms with Gasteiger partial charge in [-0.25, -0.2) is 0 Å². The molecule has 0 rings (SSSR count). The van der Waals surface area contributed by atoms with E-state index in [2.05, 4.69) is 0 Å². The molecular formula is C4H8Br2O4Rh. The molecule has 0 aliphatic carbocycles. The summed E-state index contributed by atoms with van der Waals surface area (Å²) in [5, 5.41) is 0. The van der Waals surface area contributed by atoms with E-state index in [4.69, 9.17) is 19.2 Å². The molecule has 0 unspecified atom stereocenters. The third-order valence-corrected chi connectivity index (χ3v) is 0. The first-order valence-electron chi connectivity index (χ1n) is 1.15. The summed E-state index contributed by atoms with van der Waals surface area (Å²) >= 11 is 0. The topological polar surface area (TPSA) is 68.3 Å². The van der Waals surface area contributed by atoms with Crippen molar-refractivity contribution in [2.24, 2.45) is 0 Å². The number of carbonyl (C=O) groups excluding carboxylic acids is 4. The predicted octanol–water partition coefficient (Wildman–Crippen LogP) is -6.73. The van der Waals surface area contributed by atoms with Crippen LogP contribution in [0, 0.1) is 0 Å². The van der Waals surface area contributed by atoms with E-state index in [1.54, 1.807) is 0 Å². The monoisotopic (exact) mass is 381 g/mol. The number of rotatable bonds is 0. The van der Waals surface area contributed by atoms with Gasteiger partial charge in [-0.1, -0.05) is 0 Å². The van der Waals surface area contributed by atoms with Gasteiger partial charge in [0.15, 0.2) is 0 Å². The Balaban J connectivity index is -0.00000000356. The molecule has 0 amide bonds. The largest absolute Gasteiger partial charge is 2.00 e. The van der Waals surface area contributed by atoms with Gasteiger partial charge in [0.05, 0.1) is 0 Å². The molecule has 0 aromatic carbocycles. The van der Waals surface area contributed by atoms with Crippen molar-refractivity contribution in [3.8, 4) is 0 Å². The van der Waals surface area contributed by atoms with Gasteiger partial charge in [0.2, 0.25) is 0 Å². The van der Waals surface area contributed by atoms with Gasteiger partial charge in [0, 0.05) is 0 Å². The summed E-state index contributed by atoms with van der Waals surface area (Å²) in [6, 6.07) is 0. The fourth-order valence-corrected chi connectivity index (χ4v) is 0. The fourth-order valence-electron chi connectivity index (χ4n) is 0. The minimum Gasteiger partial charge on any atom is -1.00 e. The second kappa shape index (κ2) is 12700. The molecule has 7 heteroatoms. The van der Waals surface area contributed by atoms with E-state index in [1.807, 2.05) is 27.2 Å². The smallest absolute Gasteiger partial charge is 1.00 e. The molecule has 0 N–H and O–H groups in total. The first-order chi connectivity index (χ1) is 4.00. The fraction of sp³-hybridized carbons (Fsp3) is 0. The van der Waals surface area contributed by atoms with Gasteiger partial charge in [-0.15, -0.1) is 0 Å². The van der Waals surface area contributed by atoms with Crippen LogP contribution in [0.3, 0.4) is 0 Å². The van der Waals surface area contributed by atoms with Crippen LogP contribution in [0.25, 0.3) is 0 Å². The number of hydrogen-bond acceptors (Lipinski definition) is 4. The molecule has 0 saturated carbocycles. The van der Waals surface area contributed by atoms with E-state index in [1.165, 1.54) is 0 Å². The van der Waals surface area contributed by atoms with Gasteiger partial charge in [-0.05, 0) is 0 Å². The maximum atomic E-state index is 8.00. The summed E-state index contributed by atoms with van der Waals surface area (Å²) in [4.78, 5) is 32.0. The molecule has 11 heavy (non-hydrogen) atoms. The standard InChI is InChI=1S/4CH2O.2BrH.Rh/c4*1-2;;;/h4*1H2;2*1H;/q;;;;;;+2/p-2. The molecule has 71 valence electrons. The molecule has 0 saturated heterocycles. The summed E-state index contributed by atoms with van der Waals surface area (Å²) in [5.41, 5.74) is 0. The Bertz CT molecular complexity index is 28.1. The molecule has 0 fully saturated rings. The Morgan fingerprint density at radius 2 is 0.455 bits per heavy atom. The van der Waals surface area contributed by atoms with Crippen LogP contribution >= 0.6 is 0 Å². The maximum absolute atomic E-state index is 8.00. The average molecular weight is 383 g/mol. The maximum Gasteiger partial charge on any atom is 2.00 e. The quantitative estimate of drug-likeness (QED) is 0.391. The van der Waals surface area contributed by atoms with Crippen molar-refractivity contribution in [2.75, 3.05) is 0 Å². The van der Waals surface area contributed by atoms with Crippen LogP contribution in [-0.4, -0.2) is 27.2 Å². The Morgan fingerprint density at radius 3 is 0.455 bits per heavy atom. The van der Waals surface area contributed by atoms with Crippen LogP contribution in [0.4, 0.5) is 0 Å². The van der Waals surface area contributed by atoms with Gasteiger partial charge < -0.3 is 53.1 Å². The van der Waals surface area contributed by atoms with Crippen LogP contribution in [0.5, 0.6) is 0 Å². The zero-order valence-electron chi connectivity index (χ0n) is 5.55. The summed E-state index contributed by atoms with van der Waals surface area (Å²) in [5.74, 6) is 0. The Hall–Kier alpha value is 0.263. The van der Waals surface area contributed by atoms with E-state index in [0.717, 1.165) is 0 Å². The Kier molecular flexibility index (Phi) is 75300. The van der Waals surface area contributed by atoms with Crippen molar-refractivity contribution in [3.63, 3.8) is 0 Å². The van der Waals surface area contributed by atoms with E-state index in [9.17, 15) is 0 Å². The van der Waals surface area contributed by atoms with E-state index in [-0.39, 0.29) is 53.4 Å². The molecule has 1 radical (unpaired) electrons. The zero-order valence-corrected chi connectivity index (χ0v) is 10.4. The molecule has 0 aliphatic heterocycles. The molecule has 0 aliphatic rings. The van der Waals surface area contributed by atoms with E-state index < -0.39 is 0 Å². The van der Waals surface area contributed by atoms with Crippen LogP contribution < -0.4 is 34.0 Å². The van der Waals surface area contributed by atoms with Crippen molar-refractivity contribution in [3.05, 3.63) is 0 Å². The van der Waals surface area contributed by atoms with Crippen molar-refractivity contribution in [2.45, 2.75) is 0 Å². The van der Waals surface area contributed by atoms with Crippen molar-refractivity contribution >= 4 is 27.2 Å². The van der Waals surface area contributed by atoms with Crippen molar-refractivity contribution in [1.29, 1.82) is 0 Å². The number of hydrogen-bond donors (Lipinski definition) is 0. The first-order valence-corrected chi connectivity index (χ1v) is 1.15. The predicted molar refractivity (Wildman–Crippen MR) is 28.5 cm³/mol. The third kappa shape index (κ3) is 10100. The molecule has 0 spiro atoms. The summed E-state index contributed by atoms with van der Waals surface area (Å²) < 4.78 is 0. The SMILES string of the molecule is C=O.C=O.C=O.C=O.[Br-].[Br-].[Rh+2]. The Morgan fingerprint density at radius 1 is 0.455 bits per heavy atom. The molecule has 0 aromatic rings. The third-order valence-electron chi connectivity index (χ3n) is 0. The number of carbonyl (C=O) groups is 4. The van der Waals surface area contributed by atoms with Gasteiger partial charge in [0.1, 0.15) is 27.2 Å². The van der Waals surface area contributed by atoms with E-state index in [0.29, 0.717) is 0 Å². The summed E-state index contributed by atoms with van der Waals surface area (Å²) in [6.45, 7) is 8.00. The second-order valence-corrected chi connectivity index (χ2v) is 0. The first kappa shape index (κ1) is 65.3. The van der Waals surface area contributed by atoms with Crippen molar-refractivity contribution in [1.82, 2.24) is 0 Å². The van der Waals surface area contributed by atoms with Gasteiger partial charge in [0.25, 0.3) is 0 Å². The summed E-state index contributed by atoms with van der Waals surface area (Å²) in [6.07, 6.45) is 0. The summed E-state index contributed by atoms with van der Waals surface area (Å²) in [7, 11) is 0. The molecule has 4 nitrogen and oxygen atoms in total. The van der Waals surface area contributed by atoms with Gasteiger partial charge in [-0.2, -0.15) is 0 Å². The van der Waals surface area contributed by atoms with Gasteiger partial charge >= 0.3 is 19.5 Å². The van der Waals surface area contributed by atoms with Crippen LogP contribution in [-0.2, 0) is 38.7 Å². The zero-order chi connectivity index (χ0) is 8.00. The van der Waals surface area contributed by atoms with Crippen LogP contribution in [0.1, 0.15) is 0 Å². The van der Waals surface area contributed by atoms with E-state index >= 15 is 0 Å². The molecule has 0 heterocycles. The number of halogens is 2. The molecule has 0 aromatic heterocycles. The second-order valence-electron chi connectivity index (χ2n) is 0. The molecule has 0 bridgehead atoms. The minimum absolute atomic E-state index is 0. The van der Waals surface area contributed by atoms with Crippen LogP contribution in [0.2, 0.25) is 0 Å².